The fraction of sp³-hybridized carbons (Fsp3) is 0.273. The van der Waals surface area contributed by atoms with Gasteiger partial charge in [-0.3, -0.25) is 9.59 Å². The molecule has 0 radical (unpaired) electrons. The smallest absolute Gasteiger partial charge is 0.437 e. The number of hydrogen-bond acceptors (Lipinski definition) is 6. The second kappa shape index (κ2) is 9.69. The minimum Gasteiger partial charge on any atom is -0.454 e. The highest BCUT2D eigenvalue weighted by Crippen LogP contribution is 2.14. The number of nitrogens with one attached hydrogen (secondary N) is 1. The summed E-state index contributed by atoms with van der Waals surface area (Å²) in [7, 11) is 0. The van der Waals surface area contributed by atoms with Crippen LogP contribution in [0.25, 0.3) is 11.5 Å². The van der Waals surface area contributed by atoms with Crippen molar-refractivity contribution in [2.24, 2.45) is 0 Å². The summed E-state index contributed by atoms with van der Waals surface area (Å²) in [6.07, 6.45) is 0.943. The number of ether oxygens (including phenoxy) is 1. The Bertz CT molecular complexity index is 1050. The first-order valence-corrected chi connectivity index (χ1v) is 9.63. The van der Waals surface area contributed by atoms with Crippen LogP contribution in [0.1, 0.15) is 31.0 Å². The summed E-state index contributed by atoms with van der Waals surface area (Å²) in [5.74, 6) is -1.87. The van der Waals surface area contributed by atoms with Gasteiger partial charge >= 0.3 is 11.7 Å². The van der Waals surface area contributed by atoms with Crippen LogP contribution >= 0.6 is 0 Å². The molecule has 1 amide bonds. The number of carbonyl (C=O) groups is 2. The number of nitrogens with zero attached hydrogens (tertiary/aromatic N) is 2. The third kappa shape index (κ3) is 5.44. The van der Waals surface area contributed by atoms with Crippen LogP contribution in [0.4, 0.5) is 0 Å². The van der Waals surface area contributed by atoms with Gasteiger partial charge in [0.05, 0.1) is 6.04 Å². The van der Waals surface area contributed by atoms with Crippen LogP contribution < -0.4 is 11.1 Å². The van der Waals surface area contributed by atoms with Crippen molar-refractivity contribution in [2.75, 3.05) is 6.61 Å². The van der Waals surface area contributed by atoms with Crippen LogP contribution in [0.5, 0.6) is 0 Å². The number of rotatable bonds is 8. The summed E-state index contributed by atoms with van der Waals surface area (Å²) in [4.78, 5) is 36.0. The lowest BCUT2D eigenvalue weighted by Crippen LogP contribution is -2.32. The van der Waals surface area contributed by atoms with E-state index in [4.69, 9.17) is 9.15 Å². The van der Waals surface area contributed by atoms with E-state index in [0.29, 0.717) is 5.56 Å². The molecule has 8 nitrogen and oxygen atoms in total. The zero-order valence-electron chi connectivity index (χ0n) is 16.8. The Hall–Kier alpha value is -3.68. The topological polar surface area (TPSA) is 103 Å². The Morgan fingerprint density at radius 1 is 1.13 bits per heavy atom. The minimum absolute atomic E-state index is 0.106. The van der Waals surface area contributed by atoms with E-state index < -0.39 is 30.8 Å². The standard InChI is InChI=1S/C22H23N3O5/c1-3-16-9-11-17(12-10-16)15(2)23-19(26)14-29-20(27)13-25-22(28)30-21(24-25)18-7-5-4-6-8-18/h4-12,15H,3,13-14H2,1-2H3,(H,23,26)/t15-/m0/s1. The third-order valence-corrected chi connectivity index (χ3v) is 4.54. The number of aromatic nitrogens is 2. The van der Waals surface area contributed by atoms with Gasteiger partial charge in [-0.1, -0.05) is 49.4 Å². The second-order valence-electron chi connectivity index (χ2n) is 6.74. The predicted molar refractivity (Wildman–Crippen MR) is 110 cm³/mol. The van der Waals surface area contributed by atoms with Gasteiger partial charge < -0.3 is 14.5 Å². The van der Waals surface area contributed by atoms with Gasteiger partial charge in [0.15, 0.2) is 6.61 Å². The van der Waals surface area contributed by atoms with Crippen molar-refractivity contribution in [1.29, 1.82) is 0 Å². The van der Waals surface area contributed by atoms with Gasteiger partial charge in [-0.2, -0.15) is 4.68 Å². The average Bonchev–Trinajstić information content (AvgIpc) is 3.13. The van der Waals surface area contributed by atoms with Crippen molar-refractivity contribution in [1.82, 2.24) is 15.1 Å². The molecule has 0 aliphatic heterocycles. The molecule has 0 saturated heterocycles. The Morgan fingerprint density at radius 2 is 1.83 bits per heavy atom. The molecule has 0 saturated carbocycles. The van der Waals surface area contributed by atoms with E-state index >= 15 is 0 Å². The normalized spacial score (nSPS) is 11.7. The molecule has 1 N–H and O–H groups in total. The SMILES string of the molecule is CCc1ccc([C@H](C)NC(=O)COC(=O)Cn2nc(-c3ccccc3)oc2=O)cc1. The molecule has 2 aromatic carbocycles. The number of benzene rings is 2. The van der Waals surface area contributed by atoms with Crippen molar-refractivity contribution < 1.29 is 18.7 Å². The summed E-state index contributed by atoms with van der Waals surface area (Å²) in [5.41, 5.74) is 2.78. The van der Waals surface area contributed by atoms with Crippen LogP contribution in [-0.4, -0.2) is 28.3 Å². The lowest BCUT2D eigenvalue weighted by molar-refractivity contribution is -0.149. The molecule has 0 fully saturated rings. The molecule has 0 bridgehead atoms. The number of hydrogen-bond donors (Lipinski definition) is 1. The summed E-state index contributed by atoms with van der Waals surface area (Å²) < 4.78 is 10.9. The maximum Gasteiger partial charge on any atom is 0.437 e. The average molecular weight is 409 g/mol. The number of aryl methyl sites for hydroxylation is 1. The number of amides is 1. The molecule has 0 unspecified atom stereocenters. The van der Waals surface area contributed by atoms with E-state index in [-0.39, 0.29) is 11.9 Å². The summed E-state index contributed by atoms with van der Waals surface area (Å²) in [5, 5.41) is 6.76. The van der Waals surface area contributed by atoms with E-state index in [1.54, 1.807) is 24.3 Å². The number of carbonyl (C=O) groups excluding carboxylic acids is 2. The summed E-state index contributed by atoms with van der Waals surface area (Å²) in [6, 6.07) is 16.5. The Kier molecular flexibility index (Phi) is 6.79. The van der Waals surface area contributed by atoms with Crippen LogP contribution in [-0.2, 0) is 27.3 Å². The highest BCUT2D eigenvalue weighted by Gasteiger charge is 2.16. The van der Waals surface area contributed by atoms with Gasteiger partial charge in [0.2, 0.25) is 5.89 Å². The van der Waals surface area contributed by atoms with E-state index in [1.165, 1.54) is 5.56 Å². The fourth-order valence-corrected chi connectivity index (χ4v) is 2.83. The molecule has 8 heteroatoms. The molecule has 156 valence electrons. The van der Waals surface area contributed by atoms with Gasteiger partial charge in [0.1, 0.15) is 6.54 Å². The first-order chi connectivity index (χ1) is 14.5. The van der Waals surface area contributed by atoms with E-state index in [9.17, 15) is 14.4 Å². The van der Waals surface area contributed by atoms with Gasteiger partial charge in [-0.05, 0) is 36.6 Å². The van der Waals surface area contributed by atoms with Gasteiger partial charge in [0, 0.05) is 5.56 Å². The van der Waals surface area contributed by atoms with Gasteiger partial charge in [-0.15, -0.1) is 5.10 Å². The molecule has 1 aromatic heterocycles. The zero-order valence-corrected chi connectivity index (χ0v) is 16.8. The van der Waals surface area contributed by atoms with Gasteiger partial charge in [-0.25, -0.2) is 4.79 Å². The molecule has 3 rings (SSSR count). The summed E-state index contributed by atoms with van der Waals surface area (Å²) in [6.45, 7) is 3.02. The predicted octanol–water partition coefficient (Wildman–Crippen LogP) is 2.49. The Morgan fingerprint density at radius 3 is 2.50 bits per heavy atom. The van der Waals surface area contributed by atoms with E-state index in [2.05, 4.69) is 17.3 Å². The molecule has 0 aliphatic rings. The quantitative estimate of drug-likeness (QED) is 0.574. The van der Waals surface area contributed by atoms with E-state index in [0.717, 1.165) is 16.7 Å². The van der Waals surface area contributed by atoms with E-state index in [1.807, 2.05) is 37.3 Å². The monoisotopic (exact) mass is 409 g/mol. The molecule has 0 spiro atoms. The molecular formula is C22H23N3O5. The fourth-order valence-electron chi connectivity index (χ4n) is 2.83. The van der Waals surface area contributed by atoms with Gasteiger partial charge in [0.25, 0.3) is 5.91 Å². The van der Waals surface area contributed by atoms with Crippen molar-refractivity contribution in [3.63, 3.8) is 0 Å². The van der Waals surface area contributed by atoms with Crippen LogP contribution in [0.3, 0.4) is 0 Å². The van der Waals surface area contributed by atoms with Crippen LogP contribution in [0, 0.1) is 0 Å². The zero-order chi connectivity index (χ0) is 21.5. The molecule has 30 heavy (non-hydrogen) atoms. The maximum atomic E-state index is 12.1. The molecule has 1 atom stereocenters. The highest BCUT2D eigenvalue weighted by molar-refractivity contribution is 5.80. The number of esters is 1. The summed E-state index contributed by atoms with van der Waals surface area (Å²) >= 11 is 0. The molecule has 0 aliphatic carbocycles. The van der Waals surface area contributed by atoms with Crippen LogP contribution in [0.15, 0.2) is 63.8 Å². The minimum atomic E-state index is -0.778. The van der Waals surface area contributed by atoms with Crippen molar-refractivity contribution in [3.8, 4) is 11.5 Å². The lowest BCUT2D eigenvalue weighted by atomic mass is 10.1. The largest absolute Gasteiger partial charge is 0.454 e. The van der Waals surface area contributed by atoms with Crippen molar-refractivity contribution >= 4 is 11.9 Å². The Balaban J connectivity index is 1.50. The Labute approximate surface area is 173 Å². The highest BCUT2D eigenvalue weighted by atomic mass is 16.5. The second-order valence-corrected chi connectivity index (χ2v) is 6.74. The first kappa shape index (κ1) is 21.0. The van der Waals surface area contributed by atoms with Crippen molar-refractivity contribution in [3.05, 3.63) is 76.3 Å². The molecular weight excluding hydrogens is 386 g/mol. The molecule has 3 aromatic rings. The van der Waals surface area contributed by atoms with Crippen LogP contribution in [0.2, 0.25) is 0 Å². The van der Waals surface area contributed by atoms with Crippen molar-refractivity contribution in [2.45, 2.75) is 32.9 Å². The third-order valence-electron chi connectivity index (χ3n) is 4.54. The molecule has 1 heterocycles. The maximum absolute atomic E-state index is 12.1. The lowest BCUT2D eigenvalue weighted by Gasteiger charge is -2.14. The first-order valence-electron chi connectivity index (χ1n) is 9.63.